The molecule has 46 heavy (non-hydrogen) atoms. The first-order valence-electron chi connectivity index (χ1n) is 19.4. The van der Waals surface area contributed by atoms with Crippen molar-refractivity contribution in [2.45, 2.75) is 193 Å². The molecule has 0 aliphatic heterocycles. The number of carbonyl (C=O) groups excluding carboxylic acids is 2. The molecule has 264 valence electrons. The van der Waals surface area contributed by atoms with Gasteiger partial charge in [0, 0.05) is 6.42 Å². The van der Waals surface area contributed by atoms with Gasteiger partial charge in [-0.05, 0) is 37.5 Å². The summed E-state index contributed by atoms with van der Waals surface area (Å²) in [6.45, 7) is 4.23. The van der Waals surface area contributed by atoms with Gasteiger partial charge in [-0.25, -0.2) is 4.79 Å². The van der Waals surface area contributed by atoms with Gasteiger partial charge in [0.05, 0.1) is 18.2 Å². The third kappa shape index (κ3) is 24.1. The van der Waals surface area contributed by atoms with Gasteiger partial charge in [-0.15, -0.1) is 0 Å². The molecule has 0 fully saturated rings. The lowest BCUT2D eigenvalue weighted by Gasteiger charge is -2.24. The quantitative estimate of drug-likeness (QED) is 0.0466. The highest BCUT2D eigenvalue weighted by molar-refractivity contribution is 5.89. The number of hydrogen-bond donors (Lipinski definition) is 2. The molecule has 0 radical (unpaired) electrons. The van der Waals surface area contributed by atoms with E-state index in [4.69, 9.17) is 4.74 Å². The molecule has 0 saturated heterocycles. The summed E-state index contributed by atoms with van der Waals surface area (Å²) in [5, 5.41) is 13.1. The third-order valence-corrected chi connectivity index (χ3v) is 9.00. The van der Waals surface area contributed by atoms with Crippen LogP contribution in [0.15, 0.2) is 42.5 Å². The van der Waals surface area contributed by atoms with Gasteiger partial charge in [-0.1, -0.05) is 179 Å². The van der Waals surface area contributed by atoms with E-state index in [0.717, 1.165) is 32.1 Å². The molecule has 5 heteroatoms. The van der Waals surface area contributed by atoms with Crippen LogP contribution in [0.4, 0.5) is 0 Å². The van der Waals surface area contributed by atoms with Crippen molar-refractivity contribution in [3.8, 4) is 0 Å². The number of aliphatic hydroxyl groups is 1. The third-order valence-electron chi connectivity index (χ3n) is 9.00. The number of nitrogens with one attached hydrogen (secondary N) is 1. The van der Waals surface area contributed by atoms with E-state index in [0.29, 0.717) is 12.0 Å². The van der Waals surface area contributed by atoms with Crippen LogP contribution in [0, 0.1) is 0 Å². The van der Waals surface area contributed by atoms with Crippen molar-refractivity contribution in [3.63, 3.8) is 0 Å². The summed E-state index contributed by atoms with van der Waals surface area (Å²) in [5.41, 5.74) is 0.459. The Hall–Kier alpha value is -2.14. The number of esters is 1. The Morgan fingerprint density at radius 1 is 0.652 bits per heavy atom. The highest BCUT2D eigenvalue weighted by Gasteiger charge is 2.24. The number of amides is 1. The van der Waals surface area contributed by atoms with Crippen molar-refractivity contribution < 1.29 is 19.4 Å². The van der Waals surface area contributed by atoms with Crippen LogP contribution in [0.3, 0.4) is 0 Å². The Morgan fingerprint density at radius 2 is 1.09 bits per heavy atom. The summed E-state index contributed by atoms with van der Waals surface area (Å²) in [4.78, 5) is 25.6. The summed E-state index contributed by atoms with van der Waals surface area (Å²) >= 11 is 0. The van der Waals surface area contributed by atoms with E-state index in [1.807, 2.05) is 18.2 Å². The molecule has 0 aliphatic rings. The minimum atomic E-state index is -0.721. The van der Waals surface area contributed by atoms with Crippen molar-refractivity contribution in [3.05, 3.63) is 48.0 Å². The molecule has 5 nitrogen and oxygen atoms in total. The van der Waals surface area contributed by atoms with Crippen LogP contribution in [0.2, 0.25) is 0 Å². The Labute approximate surface area is 283 Å². The molecular formula is C41H71NO4. The minimum Gasteiger partial charge on any atom is -0.452 e. The van der Waals surface area contributed by atoms with Crippen LogP contribution in [0.5, 0.6) is 0 Å². The molecule has 1 aromatic carbocycles. The summed E-state index contributed by atoms with van der Waals surface area (Å²) < 4.78 is 5.82. The molecule has 0 spiro atoms. The lowest BCUT2D eigenvalue weighted by molar-refractivity contribution is -0.123. The average Bonchev–Trinajstić information content (AvgIpc) is 3.07. The Kier molecular flexibility index (Phi) is 28.6. The highest BCUT2D eigenvalue weighted by Crippen LogP contribution is 2.15. The summed E-state index contributed by atoms with van der Waals surface area (Å²) in [6, 6.07) is 8.22. The SMILES string of the molecule is CCCCCCCCCCCCCC=C[C@@H](OC(=O)c1ccccc1)[C@H](CO)NC(=O)CCCCCCCCCCCCCCC. The average molecular weight is 642 g/mol. The van der Waals surface area contributed by atoms with Gasteiger partial charge in [-0.2, -0.15) is 0 Å². The predicted octanol–water partition coefficient (Wildman–Crippen LogP) is 11.4. The number of allylic oxidation sites excluding steroid dienone is 1. The molecule has 0 aromatic heterocycles. The maximum atomic E-state index is 12.9. The molecule has 0 saturated carbocycles. The number of ether oxygens (including phenoxy) is 1. The topological polar surface area (TPSA) is 75.6 Å². The van der Waals surface area contributed by atoms with E-state index < -0.39 is 18.1 Å². The van der Waals surface area contributed by atoms with Gasteiger partial charge in [0.15, 0.2) is 0 Å². The fourth-order valence-electron chi connectivity index (χ4n) is 5.99. The van der Waals surface area contributed by atoms with Gasteiger partial charge in [0.2, 0.25) is 5.91 Å². The molecule has 2 atom stereocenters. The molecule has 1 aromatic rings. The van der Waals surface area contributed by atoms with Gasteiger partial charge >= 0.3 is 5.97 Å². The van der Waals surface area contributed by atoms with E-state index in [-0.39, 0.29) is 12.5 Å². The van der Waals surface area contributed by atoms with Gasteiger partial charge in [-0.3, -0.25) is 4.79 Å². The summed E-state index contributed by atoms with van der Waals surface area (Å²) in [6.07, 6.45) is 35.2. The van der Waals surface area contributed by atoms with Crippen LogP contribution in [0.25, 0.3) is 0 Å². The standard InChI is InChI=1S/C41H71NO4/c1-3-5-7-9-11-13-15-17-19-21-23-25-30-34-39(46-41(45)37-32-28-27-29-33-37)38(36-43)42-40(44)35-31-26-24-22-20-18-16-14-12-10-8-6-4-2/h27-30,32-34,38-39,43H,3-26,31,35-36H2,1-2H3,(H,42,44)/t38-,39+/m0/s1. The first kappa shape index (κ1) is 41.9. The molecule has 0 bridgehead atoms. The zero-order valence-corrected chi connectivity index (χ0v) is 30.0. The molecule has 0 heterocycles. The normalized spacial score (nSPS) is 12.8. The van der Waals surface area contributed by atoms with E-state index >= 15 is 0 Å². The van der Waals surface area contributed by atoms with Crippen LogP contribution in [0.1, 0.15) is 191 Å². The molecule has 1 rings (SSSR count). The van der Waals surface area contributed by atoms with Crippen molar-refractivity contribution in [2.24, 2.45) is 0 Å². The van der Waals surface area contributed by atoms with Crippen molar-refractivity contribution in [1.29, 1.82) is 0 Å². The monoisotopic (exact) mass is 642 g/mol. The number of hydrogen-bond acceptors (Lipinski definition) is 4. The number of unbranched alkanes of at least 4 members (excludes halogenated alkanes) is 23. The Bertz CT molecular complexity index is 855. The van der Waals surface area contributed by atoms with Gasteiger partial charge < -0.3 is 15.2 Å². The second-order valence-corrected chi connectivity index (χ2v) is 13.3. The lowest BCUT2D eigenvalue weighted by atomic mass is 10.0. The molecule has 2 N–H and O–H groups in total. The van der Waals surface area contributed by atoms with Crippen LogP contribution < -0.4 is 5.32 Å². The van der Waals surface area contributed by atoms with Crippen molar-refractivity contribution in [2.75, 3.05) is 6.61 Å². The summed E-state index contributed by atoms with van der Waals surface area (Å²) in [5.74, 6) is -0.546. The van der Waals surface area contributed by atoms with Crippen molar-refractivity contribution in [1.82, 2.24) is 5.32 Å². The second-order valence-electron chi connectivity index (χ2n) is 13.3. The predicted molar refractivity (Wildman–Crippen MR) is 195 cm³/mol. The number of benzene rings is 1. The largest absolute Gasteiger partial charge is 0.452 e. The molecular weight excluding hydrogens is 570 g/mol. The molecule has 0 unspecified atom stereocenters. The first-order valence-corrected chi connectivity index (χ1v) is 19.4. The highest BCUT2D eigenvalue weighted by atomic mass is 16.5. The van der Waals surface area contributed by atoms with Crippen LogP contribution >= 0.6 is 0 Å². The van der Waals surface area contributed by atoms with Gasteiger partial charge in [0.25, 0.3) is 0 Å². The summed E-state index contributed by atoms with van der Waals surface area (Å²) in [7, 11) is 0. The Balaban J connectivity index is 2.37. The number of aliphatic hydroxyl groups excluding tert-OH is 1. The maximum absolute atomic E-state index is 12.9. The second kappa shape index (κ2) is 31.5. The van der Waals surface area contributed by atoms with Crippen LogP contribution in [-0.4, -0.2) is 35.7 Å². The zero-order valence-electron chi connectivity index (χ0n) is 30.0. The fourth-order valence-corrected chi connectivity index (χ4v) is 5.99. The van der Waals surface area contributed by atoms with Crippen LogP contribution in [-0.2, 0) is 9.53 Å². The van der Waals surface area contributed by atoms with E-state index in [2.05, 4.69) is 19.2 Å². The number of carbonyl (C=O) groups is 2. The number of rotatable bonds is 32. The molecule has 1 amide bonds. The smallest absolute Gasteiger partial charge is 0.338 e. The van der Waals surface area contributed by atoms with E-state index in [9.17, 15) is 14.7 Å². The van der Waals surface area contributed by atoms with Gasteiger partial charge in [0.1, 0.15) is 6.10 Å². The Morgan fingerprint density at radius 3 is 1.54 bits per heavy atom. The van der Waals surface area contributed by atoms with Crippen molar-refractivity contribution >= 4 is 11.9 Å². The fraction of sp³-hybridized carbons (Fsp3) is 0.756. The molecule has 0 aliphatic carbocycles. The lowest BCUT2D eigenvalue weighted by Crippen LogP contribution is -2.46. The van der Waals surface area contributed by atoms with E-state index in [1.165, 1.54) is 128 Å². The minimum absolute atomic E-state index is 0.0957. The maximum Gasteiger partial charge on any atom is 0.338 e. The van der Waals surface area contributed by atoms with E-state index in [1.54, 1.807) is 24.3 Å². The zero-order chi connectivity index (χ0) is 33.3. The first-order chi connectivity index (χ1) is 22.6.